The molecule has 3 rings (SSSR count). The molecule has 0 unspecified atom stereocenters. The van der Waals surface area contributed by atoms with Crippen molar-refractivity contribution in [3.8, 4) is 11.5 Å². The second-order valence-electron chi connectivity index (χ2n) is 7.86. The summed E-state index contributed by atoms with van der Waals surface area (Å²) < 4.78 is 39.1. The van der Waals surface area contributed by atoms with E-state index in [1.54, 1.807) is 24.3 Å². The molecular weight excluding hydrogens is 488 g/mol. The van der Waals surface area contributed by atoms with Crippen LogP contribution in [-0.4, -0.2) is 40.6 Å². The van der Waals surface area contributed by atoms with Gasteiger partial charge in [0, 0.05) is 5.02 Å². The van der Waals surface area contributed by atoms with Gasteiger partial charge in [-0.3, -0.25) is 9.10 Å². The molecular formula is C26H29ClN2O5S. The predicted molar refractivity (Wildman–Crippen MR) is 138 cm³/mol. The van der Waals surface area contributed by atoms with Crippen molar-refractivity contribution in [2.45, 2.75) is 25.7 Å². The molecule has 0 saturated carbocycles. The number of benzene rings is 3. The molecule has 9 heteroatoms. The summed E-state index contributed by atoms with van der Waals surface area (Å²) in [7, 11) is -4.03. The fourth-order valence-electron chi connectivity index (χ4n) is 3.32. The fourth-order valence-corrected chi connectivity index (χ4v) is 4.87. The Morgan fingerprint density at radius 3 is 2.31 bits per heavy atom. The van der Waals surface area contributed by atoms with Gasteiger partial charge in [-0.2, -0.15) is 0 Å². The molecule has 1 amide bonds. The lowest BCUT2D eigenvalue weighted by Gasteiger charge is -2.24. The highest BCUT2D eigenvalue weighted by Crippen LogP contribution is 2.26. The zero-order valence-electron chi connectivity index (χ0n) is 20.0. The minimum Gasteiger partial charge on any atom is -0.494 e. The van der Waals surface area contributed by atoms with Crippen molar-refractivity contribution in [2.75, 3.05) is 30.6 Å². The maximum Gasteiger partial charge on any atom is 0.264 e. The Labute approximate surface area is 211 Å². The largest absolute Gasteiger partial charge is 0.494 e. The molecule has 186 valence electrons. The first-order valence-corrected chi connectivity index (χ1v) is 13.0. The second kappa shape index (κ2) is 12.0. The number of sulfonamides is 1. The van der Waals surface area contributed by atoms with E-state index in [9.17, 15) is 13.2 Å². The third kappa shape index (κ3) is 7.13. The minimum atomic E-state index is -4.03. The molecule has 0 spiro atoms. The van der Waals surface area contributed by atoms with Crippen LogP contribution in [-0.2, 0) is 14.8 Å². The van der Waals surface area contributed by atoms with E-state index in [4.69, 9.17) is 21.1 Å². The molecule has 0 saturated heterocycles. The van der Waals surface area contributed by atoms with Crippen molar-refractivity contribution >= 4 is 33.2 Å². The maximum atomic E-state index is 13.4. The number of halogens is 1. The average molecular weight is 517 g/mol. The Kier molecular flexibility index (Phi) is 9.01. The number of nitrogens with zero attached hydrogens (tertiary/aromatic N) is 1. The van der Waals surface area contributed by atoms with Crippen molar-refractivity contribution < 1.29 is 22.7 Å². The number of amides is 1. The van der Waals surface area contributed by atoms with Crippen LogP contribution >= 0.6 is 11.6 Å². The summed E-state index contributed by atoms with van der Waals surface area (Å²) in [6.45, 7) is 6.35. The van der Waals surface area contributed by atoms with Crippen LogP contribution in [0.4, 0.5) is 5.69 Å². The summed E-state index contributed by atoms with van der Waals surface area (Å²) >= 11 is 5.93. The van der Waals surface area contributed by atoms with Crippen LogP contribution in [0, 0.1) is 13.8 Å². The van der Waals surface area contributed by atoms with Gasteiger partial charge in [0.1, 0.15) is 24.7 Å². The third-order valence-electron chi connectivity index (χ3n) is 5.15. The van der Waals surface area contributed by atoms with E-state index in [1.165, 1.54) is 24.3 Å². The van der Waals surface area contributed by atoms with Crippen LogP contribution in [0.1, 0.15) is 18.1 Å². The molecule has 35 heavy (non-hydrogen) atoms. The highest BCUT2D eigenvalue weighted by molar-refractivity contribution is 7.92. The molecule has 7 nitrogen and oxygen atoms in total. The van der Waals surface area contributed by atoms with Gasteiger partial charge < -0.3 is 14.8 Å². The molecule has 0 aliphatic heterocycles. The van der Waals surface area contributed by atoms with Gasteiger partial charge in [0.05, 0.1) is 23.7 Å². The first-order valence-electron chi connectivity index (χ1n) is 11.2. The molecule has 3 aromatic carbocycles. The van der Waals surface area contributed by atoms with E-state index >= 15 is 0 Å². The van der Waals surface area contributed by atoms with Crippen molar-refractivity contribution in [2.24, 2.45) is 0 Å². The maximum absolute atomic E-state index is 13.4. The van der Waals surface area contributed by atoms with E-state index in [2.05, 4.69) is 5.32 Å². The summed E-state index contributed by atoms with van der Waals surface area (Å²) in [5, 5.41) is 3.15. The molecule has 0 aromatic heterocycles. The normalized spacial score (nSPS) is 11.1. The number of hydrogen-bond donors (Lipinski definition) is 1. The van der Waals surface area contributed by atoms with Gasteiger partial charge in [-0.15, -0.1) is 0 Å². The van der Waals surface area contributed by atoms with E-state index in [0.717, 1.165) is 21.2 Å². The molecule has 0 aliphatic rings. The lowest BCUT2D eigenvalue weighted by molar-refractivity contribution is -0.119. The number of carbonyl (C=O) groups excluding carboxylic acids is 1. The molecule has 0 fully saturated rings. The van der Waals surface area contributed by atoms with Crippen LogP contribution in [0.15, 0.2) is 71.6 Å². The smallest absolute Gasteiger partial charge is 0.264 e. The summed E-state index contributed by atoms with van der Waals surface area (Å²) in [4.78, 5) is 12.8. The van der Waals surface area contributed by atoms with E-state index in [1.807, 2.05) is 39.0 Å². The first kappa shape index (κ1) is 26.4. The van der Waals surface area contributed by atoms with Crippen molar-refractivity contribution in [3.63, 3.8) is 0 Å². The molecule has 0 bridgehead atoms. The van der Waals surface area contributed by atoms with Gasteiger partial charge in [0.15, 0.2) is 0 Å². The SMILES string of the molecule is CCOc1ccc(N(CC(=O)NCCOc2cc(C)ccc2C)S(=O)(=O)c2ccc(Cl)cc2)cc1. The number of carbonyl (C=O) groups is 1. The van der Waals surface area contributed by atoms with E-state index in [-0.39, 0.29) is 18.0 Å². The van der Waals surface area contributed by atoms with E-state index in [0.29, 0.717) is 23.1 Å². The highest BCUT2D eigenvalue weighted by atomic mass is 35.5. The fraction of sp³-hybridized carbons (Fsp3) is 0.269. The summed E-state index contributed by atoms with van der Waals surface area (Å²) in [6.07, 6.45) is 0. The van der Waals surface area contributed by atoms with Crippen LogP contribution in [0.25, 0.3) is 0 Å². The van der Waals surface area contributed by atoms with Gasteiger partial charge >= 0.3 is 0 Å². The van der Waals surface area contributed by atoms with Gasteiger partial charge in [-0.25, -0.2) is 8.42 Å². The summed E-state index contributed by atoms with van der Waals surface area (Å²) in [5.74, 6) is 0.898. The molecule has 0 atom stereocenters. The zero-order valence-corrected chi connectivity index (χ0v) is 21.5. The Morgan fingerprint density at radius 2 is 1.66 bits per heavy atom. The lowest BCUT2D eigenvalue weighted by atomic mass is 10.1. The lowest BCUT2D eigenvalue weighted by Crippen LogP contribution is -2.41. The van der Waals surface area contributed by atoms with Gasteiger partial charge in [0.25, 0.3) is 10.0 Å². The Morgan fingerprint density at radius 1 is 0.971 bits per heavy atom. The van der Waals surface area contributed by atoms with Crippen LogP contribution in [0.3, 0.4) is 0 Å². The quantitative estimate of drug-likeness (QED) is 0.372. The molecule has 3 aromatic rings. The highest BCUT2D eigenvalue weighted by Gasteiger charge is 2.27. The predicted octanol–water partition coefficient (Wildman–Crippen LogP) is 4.75. The monoisotopic (exact) mass is 516 g/mol. The van der Waals surface area contributed by atoms with Crippen molar-refractivity contribution in [3.05, 3.63) is 82.9 Å². The third-order valence-corrected chi connectivity index (χ3v) is 7.19. The number of anilines is 1. The summed E-state index contributed by atoms with van der Waals surface area (Å²) in [5.41, 5.74) is 2.41. The number of rotatable bonds is 11. The topological polar surface area (TPSA) is 84.9 Å². The molecule has 0 radical (unpaired) electrons. The standard InChI is InChI=1S/C26H29ClN2O5S/c1-4-33-23-11-9-22(10-12-23)29(35(31,32)24-13-7-21(27)8-14-24)18-26(30)28-15-16-34-25-17-19(2)5-6-20(25)3/h5-14,17H,4,15-16,18H2,1-3H3,(H,28,30). The average Bonchev–Trinajstić information content (AvgIpc) is 2.83. The van der Waals surface area contributed by atoms with Crippen LogP contribution in [0.5, 0.6) is 11.5 Å². The number of nitrogens with one attached hydrogen (secondary N) is 1. The zero-order chi connectivity index (χ0) is 25.4. The van der Waals surface area contributed by atoms with Gasteiger partial charge in [-0.1, -0.05) is 23.7 Å². The first-order chi connectivity index (χ1) is 16.7. The Balaban J connectivity index is 1.72. The number of hydrogen-bond acceptors (Lipinski definition) is 5. The van der Waals surface area contributed by atoms with E-state index < -0.39 is 22.5 Å². The number of aryl methyl sites for hydroxylation is 2. The Bertz CT molecular complexity index is 1250. The minimum absolute atomic E-state index is 0.0295. The molecule has 0 aliphatic carbocycles. The molecule has 0 heterocycles. The van der Waals surface area contributed by atoms with Crippen molar-refractivity contribution in [1.29, 1.82) is 0 Å². The van der Waals surface area contributed by atoms with Gasteiger partial charge in [-0.05, 0) is 86.5 Å². The van der Waals surface area contributed by atoms with Crippen LogP contribution < -0.4 is 19.1 Å². The Hall–Kier alpha value is -3.23. The molecule has 1 N–H and O–H groups in total. The van der Waals surface area contributed by atoms with Gasteiger partial charge in [0.2, 0.25) is 5.91 Å². The second-order valence-corrected chi connectivity index (χ2v) is 10.2. The summed E-state index contributed by atoms with van der Waals surface area (Å²) in [6, 6.07) is 18.3. The van der Waals surface area contributed by atoms with Crippen molar-refractivity contribution in [1.82, 2.24) is 5.32 Å². The number of ether oxygens (including phenoxy) is 2. The van der Waals surface area contributed by atoms with Crippen LogP contribution in [0.2, 0.25) is 5.02 Å².